The summed E-state index contributed by atoms with van der Waals surface area (Å²) in [6, 6.07) is 13.7. The van der Waals surface area contributed by atoms with Crippen molar-refractivity contribution in [1.82, 2.24) is 4.59 Å². The Morgan fingerprint density at radius 3 is 2.48 bits per heavy atom. The van der Waals surface area contributed by atoms with E-state index in [0.29, 0.717) is 23.3 Å². The number of aliphatic imine (C=N–C) groups is 2. The minimum atomic E-state index is 0.0607. The van der Waals surface area contributed by atoms with Gasteiger partial charge in [0.2, 0.25) is 0 Å². The van der Waals surface area contributed by atoms with E-state index in [-0.39, 0.29) is 4.59 Å². The molecule has 1 unspecified atom stereocenters. The Bertz CT molecular complexity index is 987. The molecule has 2 aliphatic rings. The number of hydrogen-bond acceptors (Lipinski definition) is 6. The number of nitrogens with zero attached hydrogens (tertiary/aromatic N) is 4. The van der Waals surface area contributed by atoms with Gasteiger partial charge in [0.05, 0.1) is 20.4 Å². The van der Waals surface area contributed by atoms with E-state index >= 15 is 0 Å². The first kappa shape index (κ1) is 17.0. The lowest BCUT2D eigenvalue weighted by Gasteiger charge is -2.24. The highest BCUT2D eigenvalue weighted by atomic mass is 16.5. The number of quaternary nitrogens is 1. The van der Waals surface area contributed by atoms with Crippen molar-refractivity contribution in [2.24, 2.45) is 15.1 Å². The second kappa shape index (κ2) is 6.69. The fourth-order valence-corrected chi connectivity index (χ4v) is 3.05. The molecule has 0 aliphatic carbocycles. The van der Waals surface area contributed by atoms with Gasteiger partial charge in [-0.15, -0.1) is 0 Å². The van der Waals surface area contributed by atoms with Crippen molar-refractivity contribution < 1.29 is 9.47 Å². The molecule has 136 valence electrons. The van der Waals surface area contributed by atoms with Gasteiger partial charge in [0.15, 0.2) is 11.9 Å². The number of guanidine groups is 1. The predicted molar refractivity (Wildman–Crippen MR) is 109 cm³/mol. The molecule has 0 bridgehead atoms. The number of benzene rings is 2. The van der Waals surface area contributed by atoms with E-state index in [0.717, 1.165) is 16.9 Å². The second-order valence-corrected chi connectivity index (χ2v) is 6.22. The molecule has 0 fully saturated rings. The highest BCUT2D eigenvalue weighted by Gasteiger charge is 2.43. The van der Waals surface area contributed by atoms with E-state index < -0.39 is 0 Å². The van der Waals surface area contributed by atoms with Crippen LogP contribution < -0.4 is 19.4 Å². The van der Waals surface area contributed by atoms with Crippen LogP contribution in [0.5, 0.6) is 11.5 Å². The standard InChI is InChI=1S/C20H20N5O2/c1-14-5-4-6-15(9-14)22-20-23-19-13-21-7-8-25(19,24-20)16-10-17(26-2)12-18(11-16)27-3/h4-13H,1-3H3,(H,22,24)/q+1. The van der Waals surface area contributed by atoms with Gasteiger partial charge in [-0.1, -0.05) is 16.7 Å². The lowest BCUT2D eigenvalue weighted by atomic mass is 10.2. The summed E-state index contributed by atoms with van der Waals surface area (Å²) in [6.45, 7) is 2.04. The SMILES string of the molecule is COc1cc(OC)cc([N+]23C=CN=CC2=NC(Nc2cccc(C)c2)=N3)c1. The van der Waals surface area contributed by atoms with Crippen molar-refractivity contribution in [2.45, 2.75) is 6.92 Å². The first-order valence-corrected chi connectivity index (χ1v) is 8.49. The summed E-state index contributed by atoms with van der Waals surface area (Å²) < 4.78 is 10.9. The fourth-order valence-electron chi connectivity index (χ4n) is 3.05. The van der Waals surface area contributed by atoms with Crippen LogP contribution >= 0.6 is 0 Å². The van der Waals surface area contributed by atoms with Crippen LogP contribution in [0.1, 0.15) is 5.56 Å². The third-order valence-electron chi connectivity index (χ3n) is 4.38. The zero-order valence-electron chi connectivity index (χ0n) is 15.4. The summed E-state index contributed by atoms with van der Waals surface area (Å²) in [7, 11) is 3.25. The molecule has 1 N–H and O–H groups in total. The van der Waals surface area contributed by atoms with Crippen LogP contribution in [0, 0.1) is 6.92 Å². The van der Waals surface area contributed by atoms with E-state index in [1.165, 1.54) is 0 Å². The molecule has 0 spiro atoms. The maximum absolute atomic E-state index is 5.42. The van der Waals surface area contributed by atoms with Gasteiger partial charge in [-0.25, -0.2) is 0 Å². The van der Waals surface area contributed by atoms with Gasteiger partial charge in [-0.05, 0) is 29.7 Å². The first-order valence-electron chi connectivity index (χ1n) is 8.49. The number of methoxy groups -OCH3 is 2. The summed E-state index contributed by atoms with van der Waals surface area (Å²) >= 11 is 0. The first-order chi connectivity index (χ1) is 13.1. The largest absolute Gasteiger partial charge is 0.496 e. The molecule has 27 heavy (non-hydrogen) atoms. The number of amidine groups is 1. The minimum Gasteiger partial charge on any atom is -0.496 e. The fraction of sp³-hybridized carbons (Fsp3) is 0.150. The Morgan fingerprint density at radius 2 is 1.78 bits per heavy atom. The molecule has 0 saturated carbocycles. The number of anilines is 1. The topological polar surface area (TPSA) is 67.6 Å². The van der Waals surface area contributed by atoms with E-state index in [1.54, 1.807) is 26.6 Å². The summed E-state index contributed by atoms with van der Waals surface area (Å²) in [5.41, 5.74) is 2.93. The lowest BCUT2D eigenvalue weighted by molar-refractivity contribution is 0.392. The van der Waals surface area contributed by atoms with Crippen LogP contribution in [-0.4, -0.2) is 32.2 Å². The summed E-state index contributed by atoms with van der Waals surface area (Å²) in [5.74, 6) is 2.56. The Kier molecular flexibility index (Phi) is 4.21. The van der Waals surface area contributed by atoms with Crippen molar-refractivity contribution in [2.75, 3.05) is 19.5 Å². The van der Waals surface area contributed by atoms with Crippen LogP contribution in [0.25, 0.3) is 0 Å². The van der Waals surface area contributed by atoms with Crippen LogP contribution in [0.4, 0.5) is 11.4 Å². The average Bonchev–Trinajstić information content (AvgIpc) is 3.06. The lowest BCUT2D eigenvalue weighted by Crippen LogP contribution is -2.44. The van der Waals surface area contributed by atoms with Crippen molar-refractivity contribution in [3.8, 4) is 11.5 Å². The van der Waals surface area contributed by atoms with Crippen LogP contribution in [-0.2, 0) is 0 Å². The third-order valence-corrected chi connectivity index (χ3v) is 4.38. The molecule has 0 aromatic heterocycles. The molecule has 2 heterocycles. The molecule has 4 rings (SSSR count). The number of fused-ring (bicyclic) bond motifs is 1. The monoisotopic (exact) mass is 362 g/mol. The number of rotatable bonds is 4. The average molecular weight is 362 g/mol. The third kappa shape index (κ3) is 3.09. The number of ether oxygens (including phenoxy) is 2. The van der Waals surface area contributed by atoms with Crippen LogP contribution in [0.2, 0.25) is 0 Å². The molecule has 0 amide bonds. The Hall–Kier alpha value is -3.45. The maximum atomic E-state index is 5.42. The quantitative estimate of drug-likeness (QED) is 0.844. The molecular formula is C20H20N5O2+. The van der Waals surface area contributed by atoms with E-state index in [1.807, 2.05) is 55.6 Å². The maximum Gasteiger partial charge on any atom is 0.287 e. The Morgan fingerprint density at radius 1 is 1.00 bits per heavy atom. The van der Waals surface area contributed by atoms with Gasteiger partial charge < -0.3 is 14.8 Å². The smallest absolute Gasteiger partial charge is 0.287 e. The summed E-state index contributed by atoms with van der Waals surface area (Å²) in [5, 5.41) is 8.12. The molecular weight excluding hydrogens is 342 g/mol. The van der Waals surface area contributed by atoms with Gasteiger partial charge in [0.25, 0.3) is 11.8 Å². The molecule has 2 aromatic rings. The van der Waals surface area contributed by atoms with Gasteiger partial charge in [-0.3, -0.25) is 4.99 Å². The predicted octanol–water partition coefficient (Wildman–Crippen LogP) is 3.67. The molecule has 2 aliphatic heterocycles. The Labute approximate surface area is 157 Å². The Balaban J connectivity index is 1.78. The van der Waals surface area contributed by atoms with Gasteiger partial charge >= 0.3 is 0 Å². The molecule has 2 aromatic carbocycles. The number of hydrogen-bond donors (Lipinski definition) is 1. The molecule has 1 atom stereocenters. The molecule has 7 heteroatoms. The number of aryl methyl sites for hydroxylation is 1. The normalized spacial score (nSPS) is 20.0. The zero-order chi connectivity index (χ0) is 18.9. The van der Waals surface area contributed by atoms with Gasteiger partial charge in [-0.2, -0.15) is 4.99 Å². The highest BCUT2D eigenvalue weighted by molar-refractivity contribution is 6.38. The van der Waals surface area contributed by atoms with E-state index in [4.69, 9.17) is 14.6 Å². The molecule has 0 saturated heterocycles. The van der Waals surface area contributed by atoms with Crippen molar-refractivity contribution in [3.63, 3.8) is 0 Å². The summed E-state index contributed by atoms with van der Waals surface area (Å²) in [6.07, 6.45) is 5.29. The van der Waals surface area contributed by atoms with Gasteiger partial charge in [0.1, 0.15) is 17.7 Å². The van der Waals surface area contributed by atoms with Crippen LogP contribution in [0.3, 0.4) is 0 Å². The molecule has 0 radical (unpaired) electrons. The number of nitrogens with one attached hydrogen (secondary N) is 1. The van der Waals surface area contributed by atoms with Crippen LogP contribution in [0.15, 0.2) is 70.0 Å². The summed E-state index contributed by atoms with van der Waals surface area (Å²) in [4.78, 5) is 8.86. The minimum absolute atomic E-state index is 0.0607. The highest BCUT2D eigenvalue weighted by Crippen LogP contribution is 2.36. The second-order valence-electron chi connectivity index (χ2n) is 6.22. The van der Waals surface area contributed by atoms with Crippen molar-refractivity contribution in [3.05, 3.63) is 60.4 Å². The molecule has 7 nitrogen and oxygen atoms in total. The van der Waals surface area contributed by atoms with E-state index in [2.05, 4.69) is 15.3 Å². The zero-order valence-corrected chi connectivity index (χ0v) is 15.4. The van der Waals surface area contributed by atoms with Gasteiger partial charge in [0, 0.05) is 23.9 Å². The van der Waals surface area contributed by atoms with E-state index in [9.17, 15) is 0 Å². The van der Waals surface area contributed by atoms with Crippen molar-refractivity contribution in [1.29, 1.82) is 0 Å². The van der Waals surface area contributed by atoms with Crippen molar-refractivity contribution >= 4 is 29.4 Å².